The molecule has 3 aromatic rings. The van der Waals surface area contributed by atoms with Gasteiger partial charge in [-0.15, -0.1) is 6.58 Å². The van der Waals surface area contributed by atoms with Crippen LogP contribution in [0.4, 0.5) is 5.69 Å². The average molecular weight is 404 g/mol. The van der Waals surface area contributed by atoms with Crippen LogP contribution in [0.15, 0.2) is 96.4 Å². The van der Waals surface area contributed by atoms with Gasteiger partial charge in [0.25, 0.3) is 10.0 Å². The van der Waals surface area contributed by atoms with Gasteiger partial charge in [0.2, 0.25) is 5.91 Å². The molecule has 1 amide bonds. The topological polar surface area (TPSA) is 54.5 Å². The van der Waals surface area contributed by atoms with Crippen molar-refractivity contribution in [3.8, 4) is 0 Å². The SMILES string of the molecule is C=C[C@@H]1c2ccccc2N(S(=O)(=O)c2ccc(C)cc2)C(=O)[C@H]1c1ccccc1. The normalized spacial score (nSPS) is 18.9. The Balaban J connectivity index is 1.94. The van der Waals surface area contributed by atoms with Gasteiger partial charge in [-0.2, -0.15) is 0 Å². The minimum Gasteiger partial charge on any atom is -0.273 e. The zero-order valence-corrected chi connectivity index (χ0v) is 16.8. The lowest BCUT2D eigenvalue weighted by atomic mass is 9.78. The monoisotopic (exact) mass is 403 g/mol. The highest BCUT2D eigenvalue weighted by molar-refractivity contribution is 7.93. The zero-order chi connectivity index (χ0) is 20.6. The number of hydrogen-bond donors (Lipinski definition) is 0. The van der Waals surface area contributed by atoms with Crippen LogP contribution in [0.1, 0.15) is 28.5 Å². The minimum atomic E-state index is -4.06. The van der Waals surface area contributed by atoms with Crippen molar-refractivity contribution in [2.75, 3.05) is 4.31 Å². The van der Waals surface area contributed by atoms with Crippen LogP contribution in [0.25, 0.3) is 0 Å². The van der Waals surface area contributed by atoms with Gasteiger partial charge < -0.3 is 0 Å². The fourth-order valence-corrected chi connectivity index (χ4v) is 5.34. The summed E-state index contributed by atoms with van der Waals surface area (Å²) in [7, 11) is -4.06. The molecule has 2 atom stereocenters. The second-order valence-electron chi connectivity index (χ2n) is 7.13. The van der Waals surface area contributed by atoms with E-state index in [-0.39, 0.29) is 10.8 Å². The van der Waals surface area contributed by atoms with E-state index in [4.69, 9.17) is 0 Å². The van der Waals surface area contributed by atoms with Crippen LogP contribution in [0.3, 0.4) is 0 Å². The van der Waals surface area contributed by atoms with Crippen LogP contribution in [-0.2, 0) is 14.8 Å². The average Bonchev–Trinajstić information content (AvgIpc) is 2.73. The summed E-state index contributed by atoms with van der Waals surface area (Å²) in [6.45, 7) is 5.82. The number of allylic oxidation sites excluding steroid dienone is 1. The maximum absolute atomic E-state index is 13.6. The Kier molecular flexibility index (Phi) is 4.84. The molecule has 5 heteroatoms. The molecule has 0 unspecified atom stereocenters. The van der Waals surface area contributed by atoms with Gasteiger partial charge in [0.1, 0.15) is 0 Å². The van der Waals surface area contributed by atoms with Crippen molar-refractivity contribution in [2.45, 2.75) is 23.7 Å². The molecule has 0 bridgehead atoms. The van der Waals surface area contributed by atoms with E-state index in [1.54, 1.807) is 30.3 Å². The summed E-state index contributed by atoms with van der Waals surface area (Å²) in [6, 6.07) is 22.9. The third kappa shape index (κ3) is 3.17. The highest BCUT2D eigenvalue weighted by Crippen LogP contribution is 2.46. The summed E-state index contributed by atoms with van der Waals surface area (Å²) in [5.41, 5.74) is 2.87. The van der Waals surface area contributed by atoms with Crippen molar-refractivity contribution in [1.82, 2.24) is 0 Å². The molecule has 0 radical (unpaired) electrons. The first-order valence-corrected chi connectivity index (χ1v) is 10.8. The molecular weight excluding hydrogens is 382 g/mol. The maximum atomic E-state index is 13.6. The highest BCUT2D eigenvalue weighted by atomic mass is 32.2. The number of aryl methyl sites for hydroxylation is 1. The summed E-state index contributed by atoms with van der Waals surface area (Å²) in [6.07, 6.45) is 1.73. The second-order valence-corrected chi connectivity index (χ2v) is 8.92. The molecule has 0 fully saturated rings. The fourth-order valence-electron chi connectivity index (χ4n) is 3.87. The molecule has 146 valence electrons. The number of sulfonamides is 1. The Morgan fingerprint density at radius 1 is 0.897 bits per heavy atom. The number of benzene rings is 3. The molecule has 0 aliphatic carbocycles. The number of carbonyl (C=O) groups excluding carboxylic acids is 1. The molecule has 0 aromatic heterocycles. The van der Waals surface area contributed by atoms with Gasteiger partial charge in [-0.25, -0.2) is 12.7 Å². The van der Waals surface area contributed by atoms with E-state index in [1.165, 1.54) is 12.1 Å². The molecule has 0 N–H and O–H groups in total. The second kappa shape index (κ2) is 7.33. The molecule has 0 saturated heterocycles. The van der Waals surface area contributed by atoms with Gasteiger partial charge in [-0.05, 0) is 36.2 Å². The largest absolute Gasteiger partial charge is 0.273 e. The fraction of sp³-hybridized carbons (Fsp3) is 0.125. The van der Waals surface area contributed by atoms with Crippen molar-refractivity contribution in [3.05, 3.63) is 108 Å². The van der Waals surface area contributed by atoms with Crippen LogP contribution in [-0.4, -0.2) is 14.3 Å². The van der Waals surface area contributed by atoms with Gasteiger partial charge in [-0.3, -0.25) is 4.79 Å². The van der Waals surface area contributed by atoms with Gasteiger partial charge >= 0.3 is 0 Å². The van der Waals surface area contributed by atoms with Crippen LogP contribution in [0.5, 0.6) is 0 Å². The zero-order valence-electron chi connectivity index (χ0n) is 16.0. The molecule has 0 saturated carbocycles. The Morgan fingerprint density at radius 3 is 2.17 bits per heavy atom. The Hall–Kier alpha value is -3.18. The summed E-state index contributed by atoms with van der Waals surface area (Å²) in [4.78, 5) is 13.7. The lowest BCUT2D eigenvalue weighted by molar-refractivity contribution is -0.119. The summed E-state index contributed by atoms with van der Waals surface area (Å²) >= 11 is 0. The van der Waals surface area contributed by atoms with E-state index < -0.39 is 21.8 Å². The molecule has 29 heavy (non-hydrogen) atoms. The predicted octanol–water partition coefficient (Wildman–Crippen LogP) is 4.78. The van der Waals surface area contributed by atoms with Crippen molar-refractivity contribution in [1.29, 1.82) is 0 Å². The quantitative estimate of drug-likeness (QED) is 0.589. The first-order chi connectivity index (χ1) is 13.9. The summed E-state index contributed by atoms with van der Waals surface area (Å²) in [5, 5.41) is 0. The first-order valence-electron chi connectivity index (χ1n) is 9.37. The van der Waals surface area contributed by atoms with E-state index in [1.807, 2.05) is 49.4 Å². The van der Waals surface area contributed by atoms with Gasteiger partial charge in [0.05, 0.1) is 16.5 Å². The Labute approximate surface area is 171 Å². The lowest BCUT2D eigenvalue weighted by Gasteiger charge is -2.37. The molecule has 1 aliphatic heterocycles. The molecule has 4 nitrogen and oxygen atoms in total. The molecule has 3 aromatic carbocycles. The predicted molar refractivity (Wildman–Crippen MR) is 114 cm³/mol. The Bertz CT molecular complexity index is 1170. The van der Waals surface area contributed by atoms with E-state index in [0.29, 0.717) is 5.69 Å². The number of anilines is 1. The van der Waals surface area contributed by atoms with Crippen molar-refractivity contribution in [3.63, 3.8) is 0 Å². The van der Waals surface area contributed by atoms with E-state index in [9.17, 15) is 13.2 Å². The smallest absolute Gasteiger partial charge is 0.270 e. The number of hydrogen-bond acceptors (Lipinski definition) is 3. The number of carbonyl (C=O) groups is 1. The van der Waals surface area contributed by atoms with Gasteiger partial charge in [-0.1, -0.05) is 72.3 Å². The minimum absolute atomic E-state index is 0.0927. The molecule has 1 heterocycles. The van der Waals surface area contributed by atoms with E-state index in [2.05, 4.69) is 6.58 Å². The summed E-state index contributed by atoms with van der Waals surface area (Å²) in [5.74, 6) is -1.45. The van der Waals surface area contributed by atoms with Crippen LogP contribution in [0.2, 0.25) is 0 Å². The molecule has 1 aliphatic rings. The van der Waals surface area contributed by atoms with Gasteiger partial charge in [0, 0.05) is 5.92 Å². The number of amides is 1. The van der Waals surface area contributed by atoms with E-state index in [0.717, 1.165) is 21.0 Å². The van der Waals surface area contributed by atoms with Crippen LogP contribution < -0.4 is 4.31 Å². The lowest BCUT2D eigenvalue weighted by Crippen LogP contribution is -2.45. The standard InChI is InChI=1S/C24H21NO3S/c1-3-20-21-11-7-8-12-22(21)25(24(26)23(20)18-9-5-4-6-10-18)29(27,28)19-15-13-17(2)14-16-19/h3-16,20,23H,1H2,2H3/t20-,23+/m1/s1. The number of nitrogens with zero attached hydrogens (tertiary/aromatic N) is 1. The van der Waals surface area contributed by atoms with Gasteiger partial charge in [0.15, 0.2) is 0 Å². The third-order valence-corrected chi connectivity index (χ3v) is 7.04. The third-order valence-electron chi connectivity index (χ3n) is 5.31. The van der Waals surface area contributed by atoms with Crippen LogP contribution >= 0.6 is 0 Å². The number of para-hydroxylation sites is 1. The molecule has 0 spiro atoms. The van der Waals surface area contributed by atoms with Crippen molar-refractivity contribution in [2.24, 2.45) is 0 Å². The maximum Gasteiger partial charge on any atom is 0.270 e. The highest BCUT2D eigenvalue weighted by Gasteiger charge is 2.45. The van der Waals surface area contributed by atoms with Crippen molar-refractivity contribution >= 4 is 21.6 Å². The van der Waals surface area contributed by atoms with Crippen molar-refractivity contribution < 1.29 is 13.2 Å². The Morgan fingerprint density at radius 2 is 1.52 bits per heavy atom. The molecular formula is C24H21NO3S. The molecule has 4 rings (SSSR count). The number of rotatable bonds is 4. The van der Waals surface area contributed by atoms with Crippen LogP contribution in [0, 0.1) is 6.92 Å². The van der Waals surface area contributed by atoms with E-state index >= 15 is 0 Å². The number of fused-ring (bicyclic) bond motifs is 1. The summed E-state index contributed by atoms with van der Waals surface area (Å²) < 4.78 is 28.0. The first kappa shape index (κ1) is 19.2.